The highest BCUT2D eigenvalue weighted by atomic mass is 35.5. The molecule has 0 amide bonds. The molecule has 1 rings (SSSR count). The molecule has 0 aliphatic rings. The van der Waals surface area contributed by atoms with Crippen LogP contribution in [0.3, 0.4) is 0 Å². The molecule has 0 aromatic heterocycles. The Labute approximate surface area is 110 Å². The number of hydrogen-bond donors (Lipinski definition) is 0. The summed E-state index contributed by atoms with van der Waals surface area (Å²) < 4.78 is 5.87. The molecular formula is C15H23ClO. The van der Waals surface area contributed by atoms with Crippen LogP contribution in [0.25, 0.3) is 0 Å². The van der Waals surface area contributed by atoms with Crippen molar-refractivity contribution in [2.45, 2.75) is 46.5 Å². The van der Waals surface area contributed by atoms with Gasteiger partial charge < -0.3 is 4.74 Å². The van der Waals surface area contributed by atoms with Crippen LogP contribution in [-0.4, -0.2) is 12.5 Å². The summed E-state index contributed by atoms with van der Waals surface area (Å²) in [5.41, 5.74) is 3.78. The molecule has 0 unspecified atom stereocenters. The third kappa shape index (κ3) is 4.99. The van der Waals surface area contributed by atoms with E-state index in [2.05, 4.69) is 32.9 Å². The topological polar surface area (TPSA) is 9.23 Å². The zero-order valence-electron chi connectivity index (χ0n) is 11.2. The molecule has 1 aromatic carbocycles. The summed E-state index contributed by atoms with van der Waals surface area (Å²) in [6.07, 6.45) is 4.64. The Balaban J connectivity index is 2.36. The minimum absolute atomic E-state index is 0.775. The number of unbranched alkanes of at least 4 members (excludes halogenated alkanes) is 3. The second kappa shape index (κ2) is 7.60. The zero-order chi connectivity index (χ0) is 12.7. The predicted octanol–water partition coefficient (Wildman–Crippen LogP) is 4.79. The van der Waals surface area contributed by atoms with Gasteiger partial charge in [0, 0.05) is 5.88 Å². The Morgan fingerprint density at radius 3 is 2.12 bits per heavy atom. The molecule has 0 bridgehead atoms. The molecule has 0 saturated heterocycles. The van der Waals surface area contributed by atoms with Gasteiger partial charge in [-0.2, -0.15) is 0 Å². The Hall–Kier alpha value is -0.690. The van der Waals surface area contributed by atoms with Crippen molar-refractivity contribution in [1.82, 2.24) is 0 Å². The van der Waals surface area contributed by atoms with E-state index in [0.29, 0.717) is 0 Å². The molecule has 1 nitrogen and oxygen atoms in total. The van der Waals surface area contributed by atoms with Crippen molar-refractivity contribution >= 4 is 11.6 Å². The molecule has 0 heterocycles. The molecule has 0 saturated carbocycles. The van der Waals surface area contributed by atoms with E-state index in [9.17, 15) is 0 Å². The van der Waals surface area contributed by atoms with Gasteiger partial charge in [-0.05, 0) is 44.7 Å². The van der Waals surface area contributed by atoms with Gasteiger partial charge >= 0.3 is 0 Å². The van der Waals surface area contributed by atoms with Crippen LogP contribution in [0.2, 0.25) is 0 Å². The van der Waals surface area contributed by atoms with Gasteiger partial charge in [-0.1, -0.05) is 30.5 Å². The lowest BCUT2D eigenvalue weighted by molar-refractivity contribution is 0.301. The van der Waals surface area contributed by atoms with E-state index >= 15 is 0 Å². The number of aryl methyl sites for hydroxylation is 3. The van der Waals surface area contributed by atoms with E-state index in [-0.39, 0.29) is 0 Å². The van der Waals surface area contributed by atoms with Crippen LogP contribution in [0.4, 0.5) is 0 Å². The van der Waals surface area contributed by atoms with Crippen LogP contribution < -0.4 is 4.74 Å². The average Bonchev–Trinajstić information content (AvgIpc) is 2.26. The lowest BCUT2D eigenvalue weighted by Gasteiger charge is -2.13. The third-order valence-corrected chi connectivity index (χ3v) is 3.15. The first-order chi connectivity index (χ1) is 8.15. The van der Waals surface area contributed by atoms with Gasteiger partial charge in [0.15, 0.2) is 0 Å². The van der Waals surface area contributed by atoms with E-state index in [1.54, 1.807) is 0 Å². The summed E-state index contributed by atoms with van der Waals surface area (Å²) in [6.45, 7) is 7.16. The van der Waals surface area contributed by atoms with Crippen LogP contribution in [0, 0.1) is 20.8 Å². The molecule has 0 fully saturated rings. The van der Waals surface area contributed by atoms with Crippen molar-refractivity contribution in [1.29, 1.82) is 0 Å². The number of benzene rings is 1. The monoisotopic (exact) mass is 254 g/mol. The molecule has 2 heteroatoms. The molecule has 0 radical (unpaired) electrons. The summed E-state index contributed by atoms with van der Waals surface area (Å²) in [6, 6.07) is 4.35. The zero-order valence-corrected chi connectivity index (χ0v) is 11.9. The summed E-state index contributed by atoms with van der Waals surface area (Å²) in [7, 11) is 0. The van der Waals surface area contributed by atoms with Gasteiger partial charge in [0.05, 0.1) is 6.61 Å². The molecule has 0 N–H and O–H groups in total. The Morgan fingerprint density at radius 2 is 1.53 bits per heavy atom. The number of alkyl halides is 1. The molecule has 0 atom stereocenters. The van der Waals surface area contributed by atoms with Crippen LogP contribution in [0.1, 0.15) is 42.4 Å². The normalized spacial score (nSPS) is 10.6. The maximum absolute atomic E-state index is 5.87. The van der Waals surface area contributed by atoms with E-state index in [0.717, 1.165) is 31.1 Å². The highest BCUT2D eigenvalue weighted by molar-refractivity contribution is 6.17. The van der Waals surface area contributed by atoms with E-state index in [1.165, 1.54) is 29.5 Å². The molecule has 96 valence electrons. The van der Waals surface area contributed by atoms with E-state index < -0.39 is 0 Å². The van der Waals surface area contributed by atoms with Crippen LogP contribution in [-0.2, 0) is 0 Å². The van der Waals surface area contributed by atoms with Gasteiger partial charge in [0.1, 0.15) is 5.75 Å². The highest BCUT2D eigenvalue weighted by Gasteiger charge is 2.04. The van der Waals surface area contributed by atoms with Crippen molar-refractivity contribution in [3.63, 3.8) is 0 Å². The summed E-state index contributed by atoms with van der Waals surface area (Å²) in [5, 5.41) is 0. The Kier molecular flexibility index (Phi) is 6.43. The van der Waals surface area contributed by atoms with Gasteiger partial charge in [-0.25, -0.2) is 0 Å². The molecule has 0 spiro atoms. The largest absolute Gasteiger partial charge is 0.493 e. The lowest BCUT2D eigenvalue weighted by Crippen LogP contribution is -2.01. The minimum atomic E-state index is 0.775. The second-order valence-corrected chi connectivity index (χ2v) is 5.06. The third-order valence-electron chi connectivity index (χ3n) is 2.88. The summed E-state index contributed by atoms with van der Waals surface area (Å²) >= 11 is 5.64. The summed E-state index contributed by atoms with van der Waals surface area (Å²) in [4.78, 5) is 0. The number of hydrogen-bond acceptors (Lipinski definition) is 1. The van der Waals surface area contributed by atoms with Crippen LogP contribution in [0.15, 0.2) is 12.1 Å². The first kappa shape index (κ1) is 14.4. The molecule has 0 aliphatic heterocycles. The standard InChI is InChI=1S/C15H23ClO/c1-12-10-13(2)15(14(3)11-12)17-9-7-5-4-6-8-16/h10-11H,4-9H2,1-3H3. The van der Waals surface area contributed by atoms with Gasteiger partial charge in [-0.3, -0.25) is 0 Å². The summed E-state index contributed by atoms with van der Waals surface area (Å²) in [5.74, 6) is 1.84. The highest BCUT2D eigenvalue weighted by Crippen LogP contribution is 2.24. The SMILES string of the molecule is Cc1cc(C)c(OCCCCCCCl)c(C)c1. The van der Waals surface area contributed by atoms with Crippen molar-refractivity contribution in [3.8, 4) is 5.75 Å². The van der Waals surface area contributed by atoms with E-state index in [1.807, 2.05) is 0 Å². The maximum atomic E-state index is 5.87. The minimum Gasteiger partial charge on any atom is -0.493 e. The van der Waals surface area contributed by atoms with Gasteiger partial charge in [-0.15, -0.1) is 11.6 Å². The first-order valence-electron chi connectivity index (χ1n) is 6.41. The Morgan fingerprint density at radius 1 is 0.941 bits per heavy atom. The quantitative estimate of drug-likeness (QED) is 0.502. The van der Waals surface area contributed by atoms with Gasteiger partial charge in [0.2, 0.25) is 0 Å². The first-order valence-corrected chi connectivity index (χ1v) is 6.95. The van der Waals surface area contributed by atoms with Crippen LogP contribution in [0.5, 0.6) is 5.75 Å². The lowest BCUT2D eigenvalue weighted by atomic mass is 10.1. The van der Waals surface area contributed by atoms with E-state index in [4.69, 9.17) is 16.3 Å². The molecule has 0 aliphatic carbocycles. The van der Waals surface area contributed by atoms with Gasteiger partial charge in [0.25, 0.3) is 0 Å². The molecular weight excluding hydrogens is 232 g/mol. The van der Waals surface area contributed by atoms with Crippen LogP contribution >= 0.6 is 11.6 Å². The molecule has 1 aromatic rings. The van der Waals surface area contributed by atoms with Crippen molar-refractivity contribution in [2.24, 2.45) is 0 Å². The fraction of sp³-hybridized carbons (Fsp3) is 0.600. The molecule has 17 heavy (non-hydrogen) atoms. The maximum Gasteiger partial charge on any atom is 0.125 e. The average molecular weight is 255 g/mol. The predicted molar refractivity (Wildman–Crippen MR) is 75.3 cm³/mol. The number of rotatable bonds is 7. The van der Waals surface area contributed by atoms with Crippen molar-refractivity contribution in [3.05, 3.63) is 28.8 Å². The second-order valence-electron chi connectivity index (χ2n) is 4.68. The van der Waals surface area contributed by atoms with Crippen molar-refractivity contribution in [2.75, 3.05) is 12.5 Å². The van der Waals surface area contributed by atoms with Crippen molar-refractivity contribution < 1.29 is 4.74 Å². The fourth-order valence-electron chi connectivity index (χ4n) is 2.12. The number of ether oxygens (including phenoxy) is 1. The Bertz CT molecular complexity index is 324. The number of halogens is 1. The smallest absolute Gasteiger partial charge is 0.125 e. The fourth-order valence-corrected chi connectivity index (χ4v) is 2.31.